The van der Waals surface area contributed by atoms with E-state index in [0.717, 1.165) is 64.8 Å². The molecule has 1 aliphatic rings. The molecule has 4 aromatic rings. The number of aromatic nitrogens is 3. The highest BCUT2D eigenvalue weighted by molar-refractivity contribution is 7.99. The van der Waals surface area contributed by atoms with Crippen molar-refractivity contribution in [3.63, 3.8) is 0 Å². The van der Waals surface area contributed by atoms with Crippen molar-refractivity contribution in [1.29, 1.82) is 5.26 Å². The Bertz CT molecular complexity index is 1300. The van der Waals surface area contributed by atoms with Crippen molar-refractivity contribution in [3.8, 4) is 6.07 Å². The lowest BCUT2D eigenvalue weighted by Gasteiger charge is -2.31. The van der Waals surface area contributed by atoms with Gasteiger partial charge >= 0.3 is 0 Å². The number of benzene rings is 2. The second-order valence-electron chi connectivity index (χ2n) is 7.76. The second-order valence-corrected chi connectivity index (χ2v) is 8.70. The number of fused-ring (bicyclic) bond motifs is 5. The summed E-state index contributed by atoms with van der Waals surface area (Å²) in [6, 6.07) is 18.2. The fraction of sp³-hybridized carbons (Fsp3) is 0.304. The number of thioether (sulfide) groups is 1. The van der Waals surface area contributed by atoms with E-state index in [-0.39, 0.29) is 11.7 Å². The Hall–Kier alpha value is -3.11. The topological polar surface area (TPSA) is 83.1 Å². The quantitative estimate of drug-likeness (QED) is 0.393. The molecule has 1 N–H and O–H groups in total. The number of rotatable bonds is 4. The minimum Gasteiger partial charge on any atom is -0.337 e. The Morgan fingerprint density at radius 3 is 2.60 bits per heavy atom. The van der Waals surface area contributed by atoms with E-state index in [1.165, 1.54) is 11.8 Å². The standard InChI is InChI=1S/C23H21N5OS/c24-15-23(12-6-1-7-13-23)27-20(29)14-30-22-26-17-9-3-2-8-16(17)21-25-18-10-4-5-11-19(18)28(21)22/h2-5,8-11H,1,6-7,12-14H2,(H,27,29). The normalized spacial score (nSPS) is 16.0. The molecule has 2 aromatic carbocycles. The maximum atomic E-state index is 12.7. The van der Waals surface area contributed by atoms with Crippen LogP contribution in [-0.2, 0) is 4.79 Å². The van der Waals surface area contributed by atoms with Gasteiger partial charge in [-0.3, -0.25) is 9.20 Å². The van der Waals surface area contributed by atoms with Crippen LogP contribution >= 0.6 is 11.8 Å². The number of nitrogens with zero attached hydrogens (tertiary/aromatic N) is 4. The summed E-state index contributed by atoms with van der Waals surface area (Å²) in [4.78, 5) is 22.4. The van der Waals surface area contributed by atoms with E-state index in [4.69, 9.17) is 9.97 Å². The van der Waals surface area contributed by atoms with Crippen LogP contribution in [0.1, 0.15) is 32.1 Å². The van der Waals surface area contributed by atoms with Crippen LogP contribution in [0.15, 0.2) is 53.7 Å². The second kappa shape index (κ2) is 7.62. The van der Waals surface area contributed by atoms with Crippen LogP contribution in [0.25, 0.3) is 27.6 Å². The van der Waals surface area contributed by atoms with E-state index in [2.05, 4.69) is 11.4 Å². The van der Waals surface area contributed by atoms with Gasteiger partial charge in [0, 0.05) is 5.39 Å². The third kappa shape index (κ3) is 3.27. The number of nitriles is 1. The minimum absolute atomic E-state index is 0.129. The number of nitrogens with one attached hydrogen (secondary N) is 1. The molecule has 30 heavy (non-hydrogen) atoms. The SMILES string of the molecule is N#CC1(NC(=O)CSc2nc3ccccc3c3nc4ccccc4n23)CCCCC1. The van der Waals surface area contributed by atoms with E-state index in [1.54, 1.807) is 0 Å². The molecule has 1 aliphatic carbocycles. The molecule has 0 radical (unpaired) electrons. The van der Waals surface area contributed by atoms with Crippen LogP contribution in [-0.4, -0.2) is 31.6 Å². The average Bonchev–Trinajstić information content (AvgIpc) is 3.18. The van der Waals surface area contributed by atoms with Crippen molar-refractivity contribution in [2.24, 2.45) is 0 Å². The molecule has 1 amide bonds. The zero-order valence-electron chi connectivity index (χ0n) is 16.5. The summed E-state index contributed by atoms with van der Waals surface area (Å²) in [5, 5.41) is 14.3. The number of hydrogen-bond donors (Lipinski definition) is 1. The molecule has 1 saturated carbocycles. The summed E-state index contributed by atoms with van der Waals surface area (Å²) in [6.45, 7) is 0. The van der Waals surface area contributed by atoms with E-state index < -0.39 is 5.54 Å². The van der Waals surface area contributed by atoms with Crippen molar-refractivity contribution in [3.05, 3.63) is 48.5 Å². The van der Waals surface area contributed by atoms with Crippen LogP contribution in [0.3, 0.4) is 0 Å². The molecule has 1 fully saturated rings. The third-order valence-electron chi connectivity index (χ3n) is 5.75. The Labute approximate surface area is 178 Å². The number of para-hydroxylation sites is 3. The largest absolute Gasteiger partial charge is 0.337 e. The van der Waals surface area contributed by atoms with Gasteiger partial charge in [0.2, 0.25) is 5.91 Å². The summed E-state index contributed by atoms with van der Waals surface area (Å²) >= 11 is 1.38. The number of carbonyl (C=O) groups is 1. The van der Waals surface area contributed by atoms with Crippen molar-refractivity contribution >= 4 is 45.3 Å². The molecule has 2 heterocycles. The number of imidazole rings is 1. The molecular weight excluding hydrogens is 394 g/mol. The summed E-state index contributed by atoms with van der Waals surface area (Å²) < 4.78 is 2.02. The molecule has 0 spiro atoms. The first kappa shape index (κ1) is 18.9. The Kier molecular flexibility index (Phi) is 4.80. The van der Waals surface area contributed by atoms with Crippen molar-refractivity contribution < 1.29 is 4.79 Å². The van der Waals surface area contributed by atoms with Crippen LogP contribution < -0.4 is 5.32 Å². The average molecular weight is 416 g/mol. The maximum absolute atomic E-state index is 12.7. The van der Waals surface area contributed by atoms with Gasteiger partial charge < -0.3 is 5.32 Å². The Morgan fingerprint density at radius 2 is 1.80 bits per heavy atom. The molecule has 6 nitrogen and oxygen atoms in total. The molecule has 7 heteroatoms. The molecule has 0 saturated heterocycles. The lowest BCUT2D eigenvalue weighted by atomic mass is 9.83. The number of amides is 1. The first-order chi connectivity index (χ1) is 14.7. The lowest BCUT2D eigenvalue weighted by molar-refractivity contribution is -0.120. The molecule has 150 valence electrons. The van der Waals surface area contributed by atoms with Gasteiger partial charge in [0.1, 0.15) is 11.2 Å². The Morgan fingerprint density at radius 1 is 1.07 bits per heavy atom. The first-order valence-corrected chi connectivity index (χ1v) is 11.2. The van der Waals surface area contributed by atoms with Gasteiger partial charge in [0.05, 0.1) is 28.4 Å². The van der Waals surface area contributed by atoms with Crippen LogP contribution in [0.2, 0.25) is 0 Å². The van der Waals surface area contributed by atoms with Gasteiger partial charge in [-0.15, -0.1) is 0 Å². The monoisotopic (exact) mass is 415 g/mol. The van der Waals surface area contributed by atoms with E-state index >= 15 is 0 Å². The van der Waals surface area contributed by atoms with Gasteiger partial charge in [-0.25, -0.2) is 9.97 Å². The zero-order valence-corrected chi connectivity index (χ0v) is 17.3. The van der Waals surface area contributed by atoms with E-state index in [1.807, 2.05) is 52.9 Å². The molecule has 2 aromatic heterocycles. The lowest BCUT2D eigenvalue weighted by Crippen LogP contribution is -2.49. The molecule has 0 atom stereocenters. The third-order valence-corrected chi connectivity index (χ3v) is 6.68. The zero-order chi connectivity index (χ0) is 20.6. The van der Waals surface area contributed by atoms with Gasteiger partial charge in [0.15, 0.2) is 5.16 Å². The van der Waals surface area contributed by atoms with Crippen molar-refractivity contribution in [2.75, 3.05) is 5.75 Å². The predicted molar refractivity (Wildman–Crippen MR) is 118 cm³/mol. The fourth-order valence-corrected chi connectivity index (χ4v) is 5.07. The Balaban J connectivity index is 1.49. The fourth-order valence-electron chi connectivity index (χ4n) is 4.26. The highest BCUT2D eigenvalue weighted by Gasteiger charge is 2.33. The molecule has 0 bridgehead atoms. The van der Waals surface area contributed by atoms with Crippen LogP contribution in [0, 0.1) is 11.3 Å². The van der Waals surface area contributed by atoms with Crippen LogP contribution in [0.5, 0.6) is 0 Å². The van der Waals surface area contributed by atoms with Gasteiger partial charge in [-0.2, -0.15) is 5.26 Å². The number of carbonyl (C=O) groups excluding carboxylic acids is 1. The van der Waals surface area contributed by atoms with Crippen molar-refractivity contribution in [1.82, 2.24) is 19.7 Å². The molecule has 0 aliphatic heterocycles. The summed E-state index contributed by atoms with van der Waals surface area (Å²) in [5.74, 6) is 0.0760. The molecule has 0 unspecified atom stereocenters. The highest BCUT2D eigenvalue weighted by atomic mass is 32.2. The summed E-state index contributed by atoms with van der Waals surface area (Å²) in [6.07, 6.45) is 4.54. The highest BCUT2D eigenvalue weighted by Crippen LogP contribution is 2.30. The van der Waals surface area contributed by atoms with Crippen molar-refractivity contribution in [2.45, 2.75) is 42.8 Å². The summed E-state index contributed by atoms with van der Waals surface area (Å²) in [5.41, 5.74) is 2.83. The van der Waals surface area contributed by atoms with Gasteiger partial charge in [0.25, 0.3) is 0 Å². The molecular formula is C23H21N5OS. The van der Waals surface area contributed by atoms with E-state index in [0.29, 0.717) is 0 Å². The summed E-state index contributed by atoms with van der Waals surface area (Å²) in [7, 11) is 0. The smallest absolute Gasteiger partial charge is 0.231 e. The van der Waals surface area contributed by atoms with E-state index in [9.17, 15) is 10.1 Å². The predicted octanol–water partition coefficient (Wildman–Crippen LogP) is 4.47. The van der Waals surface area contributed by atoms with Gasteiger partial charge in [-0.05, 0) is 37.1 Å². The first-order valence-electron chi connectivity index (χ1n) is 10.2. The molecule has 5 rings (SSSR count). The maximum Gasteiger partial charge on any atom is 0.231 e. The van der Waals surface area contributed by atoms with Crippen LogP contribution in [0.4, 0.5) is 0 Å². The minimum atomic E-state index is -0.719. The van der Waals surface area contributed by atoms with Gasteiger partial charge in [-0.1, -0.05) is 55.3 Å². The number of hydrogen-bond acceptors (Lipinski definition) is 5.